The Morgan fingerprint density at radius 3 is 2.80 bits per heavy atom. The maximum absolute atomic E-state index is 12.3. The van der Waals surface area contributed by atoms with E-state index >= 15 is 0 Å². The average molecular weight is 299 g/mol. The molecule has 1 aromatic rings. The summed E-state index contributed by atoms with van der Waals surface area (Å²) in [7, 11) is -0.248. The van der Waals surface area contributed by atoms with Gasteiger partial charge in [-0.05, 0) is 36.8 Å². The minimum Gasteiger partial charge on any atom is -0.386 e. The molecule has 2 rings (SSSR count). The zero-order valence-corrected chi connectivity index (χ0v) is 12.7. The van der Waals surface area contributed by atoms with Crippen LogP contribution in [-0.2, 0) is 14.8 Å². The molecule has 0 spiro atoms. The Kier molecular flexibility index (Phi) is 4.62. The molecule has 1 aliphatic rings. The van der Waals surface area contributed by atoms with Crippen molar-refractivity contribution in [1.29, 1.82) is 0 Å². The third kappa shape index (κ3) is 3.47. The van der Waals surface area contributed by atoms with Crippen molar-refractivity contribution in [2.24, 2.45) is 5.41 Å². The van der Waals surface area contributed by atoms with Gasteiger partial charge in [0.05, 0.1) is 5.69 Å². The molecule has 0 atom stereocenters. The van der Waals surface area contributed by atoms with Gasteiger partial charge in [0.1, 0.15) is 0 Å². The molecule has 0 unspecified atom stereocenters. The van der Waals surface area contributed by atoms with E-state index in [-0.39, 0.29) is 10.4 Å². The normalized spacial score (nSPS) is 16.9. The van der Waals surface area contributed by atoms with Gasteiger partial charge in [-0.1, -0.05) is 0 Å². The van der Waals surface area contributed by atoms with Crippen molar-refractivity contribution >= 4 is 15.7 Å². The fourth-order valence-electron chi connectivity index (χ4n) is 2.12. The van der Waals surface area contributed by atoms with Crippen LogP contribution in [0.25, 0.3) is 0 Å². The standard InChI is InChI=1S/C13H21N3O3S/c1-14-11-4-3-8-15-12(11)20(17,18)16-10-13(5-6-13)7-9-19-2/h3-4,8,14,16H,5-7,9-10H2,1-2H3. The van der Waals surface area contributed by atoms with Gasteiger partial charge in [-0.3, -0.25) is 0 Å². The van der Waals surface area contributed by atoms with E-state index in [1.165, 1.54) is 6.20 Å². The third-order valence-corrected chi connectivity index (χ3v) is 5.08. The Hall–Kier alpha value is -1.18. The second kappa shape index (κ2) is 6.07. The Balaban J connectivity index is 2.05. The Labute approximate surface area is 120 Å². The lowest BCUT2D eigenvalue weighted by Crippen LogP contribution is -2.31. The van der Waals surface area contributed by atoms with E-state index in [9.17, 15) is 8.42 Å². The number of pyridine rings is 1. The number of sulfonamides is 1. The second-order valence-electron chi connectivity index (χ2n) is 5.17. The van der Waals surface area contributed by atoms with Gasteiger partial charge in [0.2, 0.25) is 0 Å². The maximum atomic E-state index is 12.3. The van der Waals surface area contributed by atoms with Crippen LogP contribution in [0.15, 0.2) is 23.4 Å². The van der Waals surface area contributed by atoms with Gasteiger partial charge in [-0.25, -0.2) is 18.1 Å². The zero-order chi connectivity index (χ0) is 14.6. The van der Waals surface area contributed by atoms with Crippen molar-refractivity contribution in [2.45, 2.75) is 24.3 Å². The van der Waals surface area contributed by atoms with Crippen LogP contribution in [-0.4, -0.2) is 40.7 Å². The van der Waals surface area contributed by atoms with E-state index < -0.39 is 10.0 Å². The quantitative estimate of drug-likeness (QED) is 0.754. The van der Waals surface area contributed by atoms with Crippen LogP contribution >= 0.6 is 0 Å². The molecule has 0 radical (unpaired) electrons. The summed E-state index contributed by atoms with van der Waals surface area (Å²) in [4.78, 5) is 3.97. The fraction of sp³-hybridized carbons (Fsp3) is 0.615. The molecule has 0 aliphatic heterocycles. The van der Waals surface area contributed by atoms with Crippen LogP contribution in [0.4, 0.5) is 5.69 Å². The van der Waals surface area contributed by atoms with Gasteiger partial charge in [-0.2, -0.15) is 0 Å². The van der Waals surface area contributed by atoms with E-state index in [1.54, 1.807) is 26.3 Å². The molecule has 0 bridgehead atoms. The lowest BCUT2D eigenvalue weighted by molar-refractivity contribution is 0.173. The molecule has 1 aliphatic carbocycles. The number of hydrogen-bond donors (Lipinski definition) is 2. The molecular formula is C13H21N3O3S. The van der Waals surface area contributed by atoms with Gasteiger partial charge in [0.15, 0.2) is 5.03 Å². The van der Waals surface area contributed by atoms with Crippen molar-refractivity contribution in [1.82, 2.24) is 9.71 Å². The first kappa shape index (κ1) is 15.2. The largest absolute Gasteiger partial charge is 0.386 e. The average Bonchev–Trinajstić information content (AvgIpc) is 3.24. The molecule has 1 aromatic heterocycles. The summed E-state index contributed by atoms with van der Waals surface area (Å²) in [6.07, 6.45) is 4.44. The van der Waals surface area contributed by atoms with Gasteiger partial charge in [0.25, 0.3) is 10.0 Å². The number of anilines is 1. The molecule has 0 amide bonds. The number of nitrogens with zero attached hydrogens (tertiary/aromatic N) is 1. The highest BCUT2D eigenvalue weighted by Gasteiger charge is 2.42. The highest BCUT2D eigenvalue weighted by molar-refractivity contribution is 7.89. The summed E-state index contributed by atoms with van der Waals surface area (Å²) in [5.74, 6) is 0. The molecule has 0 saturated heterocycles. The van der Waals surface area contributed by atoms with Crippen molar-refractivity contribution < 1.29 is 13.2 Å². The maximum Gasteiger partial charge on any atom is 0.260 e. The Morgan fingerprint density at radius 2 is 2.20 bits per heavy atom. The predicted molar refractivity (Wildman–Crippen MR) is 77.1 cm³/mol. The lowest BCUT2D eigenvalue weighted by Gasteiger charge is -2.16. The summed E-state index contributed by atoms with van der Waals surface area (Å²) in [5.41, 5.74) is 0.569. The van der Waals surface area contributed by atoms with Crippen LogP contribution in [0.1, 0.15) is 19.3 Å². The van der Waals surface area contributed by atoms with Crippen LogP contribution in [0.3, 0.4) is 0 Å². The summed E-state index contributed by atoms with van der Waals surface area (Å²) >= 11 is 0. The van der Waals surface area contributed by atoms with Crippen molar-refractivity contribution in [3.05, 3.63) is 18.3 Å². The van der Waals surface area contributed by atoms with Crippen molar-refractivity contribution in [3.63, 3.8) is 0 Å². The molecule has 1 fully saturated rings. The number of hydrogen-bond acceptors (Lipinski definition) is 5. The summed E-state index contributed by atoms with van der Waals surface area (Å²) in [5, 5.41) is 2.89. The first-order valence-electron chi connectivity index (χ1n) is 6.64. The number of methoxy groups -OCH3 is 1. The number of nitrogens with one attached hydrogen (secondary N) is 2. The number of ether oxygens (including phenoxy) is 1. The van der Waals surface area contributed by atoms with Crippen LogP contribution in [0.2, 0.25) is 0 Å². The highest BCUT2D eigenvalue weighted by atomic mass is 32.2. The molecular weight excluding hydrogens is 278 g/mol. The molecule has 7 heteroatoms. The van der Waals surface area contributed by atoms with E-state index in [2.05, 4.69) is 15.0 Å². The first-order chi connectivity index (χ1) is 9.53. The summed E-state index contributed by atoms with van der Waals surface area (Å²) in [6.45, 7) is 1.10. The van der Waals surface area contributed by atoms with E-state index in [0.717, 1.165) is 19.3 Å². The molecule has 2 N–H and O–H groups in total. The van der Waals surface area contributed by atoms with E-state index in [1.807, 2.05) is 0 Å². The first-order valence-corrected chi connectivity index (χ1v) is 8.13. The van der Waals surface area contributed by atoms with Crippen LogP contribution in [0.5, 0.6) is 0 Å². The fourth-order valence-corrected chi connectivity index (χ4v) is 3.41. The number of aromatic nitrogens is 1. The number of rotatable bonds is 8. The lowest BCUT2D eigenvalue weighted by atomic mass is 10.0. The second-order valence-corrected chi connectivity index (χ2v) is 6.86. The van der Waals surface area contributed by atoms with Gasteiger partial charge < -0.3 is 10.1 Å². The van der Waals surface area contributed by atoms with Gasteiger partial charge in [0, 0.05) is 33.5 Å². The Morgan fingerprint density at radius 1 is 1.45 bits per heavy atom. The molecule has 112 valence electrons. The van der Waals surface area contributed by atoms with Crippen molar-refractivity contribution in [2.75, 3.05) is 32.6 Å². The summed E-state index contributed by atoms with van der Waals surface area (Å²) < 4.78 is 32.4. The Bertz CT molecular complexity index is 556. The molecule has 1 heterocycles. The zero-order valence-electron chi connectivity index (χ0n) is 11.8. The van der Waals surface area contributed by atoms with Crippen molar-refractivity contribution in [3.8, 4) is 0 Å². The van der Waals surface area contributed by atoms with Crippen LogP contribution in [0, 0.1) is 5.41 Å². The van der Waals surface area contributed by atoms with E-state index in [4.69, 9.17) is 4.74 Å². The summed E-state index contributed by atoms with van der Waals surface area (Å²) in [6, 6.07) is 3.39. The minimum absolute atomic E-state index is 0.0463. The molecule has 6 nitrogen and oxygen atoms in total. The molecule has 1 saturated carbocycles. The topological polar surface area (TPSA) is 80.3 Å². The molecule has 20 heavy (non-hydrogen) atoms. The molecule has 0 aromatic carbocycles. The monoisotopic (exact) mass is 299 g/mol. The van der Waals surface area contributed by atoms with Gasteiger partial charge in [-0.15, -0.1) is 0 Å². The van der Waals surface area contributed by atoms with E-state index in [0.29, 0.717) is 18.8 Å². The minimum atomic E-state index is -3.59. The van der Waals surface area contributed by atoms with Crippen LogP contribution < -0.4 is 10.0 Å². The SMILES string of the molecule is CNc1cccnc1S(=O)(=O)NCC1(CCOC)CC1. The third-order valence-electron chi connectivity index (χ3n) is 3.73. The smallest absolute Gasteiger partial charge is 0.260 e. The highest BCUT2D eigenvalue weighted by Crippen LogP contribution is 2.48. The van der Waals surface area contributed by atoms with Gasteiger partial charge >= 0.3 is 0 Å². The predicted octanol–water partition coefficient (Wildman–Crippen LogP) is 1.22.